The number of ether oxygens (including phenoxy) is 1. The Labute approximate surface area is 104 Å². The number of hydrazine groups is 1. The summed E-state index contributed by atoms with van der Waals surface area (Å²) < 4.78 is 4.94. The van der Waals surface area contributed by atoms with Crippen LogP contribution in [-0.4, -0.2) is 27.0 Å². The zero-order valence-corrected chi connectivity index (χ0v) is 9.79. The Hall–Kier alpha value is -2.48. The van der Waals surface area contributed by atoms with Crippen LogP contribution in [0.4, 0.5) is 11.9 Å². The average Bonchev–Trinajstić information content (AvgIpc) is 2.45. The fraction of sp³-hybridized carbons (Fsp3) is 0.200. The number of nitrogens with one attached hydrogen (secondary N) is 2. The fourth-order valence-electron chi connectivity index (χ4n) is 1.27. The van der Waals surface area contributed by atoms with E-state index in [1.165, 1.54) is 7.11 Å². The van der Waals surface area contributed by atoms with Gasteiger partial charge in [0.05, 0.1) is 7.11 Å². The second kappa shape index (κ2) is 5.73. The molecule has 18 heavy (non-hydrogen) atoms. The topological polar surface area (TPSA) is 111 Å². The van der Waals surface area contributed by atoms with Crippen molar-refractivity contribution >= 4 is 11.9 Å². The van der Waals surface area contributed by atoms with E-state index >= 15 is 0 Å². The smallest absolute Gasteiger partial charge is 0.322 e. The molecule has 0 radical (unpaired) electrons. The van der Waals surface area contributed by atoms with Gasteiger partial charge in [-0.3, -0.25) is 10.4 Å². The van der Waals surface area contributed by atoms with Crippen molar-refractivity contribution in [3.8, 4) is 6.01 Å². The number of methoxy groups -OCH3 is 1. The van der Waals surface area contributed by atoms with Crippen molar-refractivity contribution in [2.24, 2.45) is 5.84 Å². The Bertz CT molecular complexity index is 483. The molecule has 8 heteroatoms. The van der Waals surface area contributed by atoms with Gasteiger partial charge in [-0.2, -0.15) is 15.0 Å². The molecule has 4 N–H and O–H groups in total. The summed E-state index contributed by atoms with van der Waals surface area (Å²) in [7, 11) is 1.47. The molecule has 0 atom stereocenters. The largest absolute Gasteiger partial charge is 0.467 e. The number of aromatic nitrogens is 4. The maximum atomic E-state index is 5.26. The minimum absolute atomic E-state index is 0.190. The van der Waals surface area contributed by atoms with Gasteiger partial charge in [0.2, 0.25) is 11.9 Å². The first-order chi connectivity index (χ1) is 8.81. The van der Waals surface area contributed by atoms with Gasteiger partial charge in [-0.1, -0.05) is 0 Å². The molecule has 2 rings (SSSR count). The van der Waals surface area contributed by atoms with Crippen LogP contribution in [0.2, 0.25) is 0 Å². The number of nitrogens with zero attached hydrogens (tertiary/aromatic N) is 4. The van der Waals surface area contributed by atoms with Gasteiger partial charge in [0.15, 0.2) is 0 Å². The van der Waals surface area contributed by atoms with Crippen LogP contribution in [0.3, 0.4) is 0 Å². The monoisotopic (exact) mass is 247 g/mol. The van der Waals surface area contributed by atoms with Crippen molar-refractivity contribution in [2.45, 2.75) is 6.54 Å². The molecular weight excluding hydrogens is 234 g/mol. The highest BCUT2D eigenvalue weighted by molar-refractivity contribution is 5.35. The molecule has 0 saturated heterocycles. The molecule has 0 unspecified atom stereocenters. The molecule has 94 valence electrons. The van der Waals surface area contributed by atoms with Crippen molar-refractivity contribution in [1.82, 2.24) is 19.9 Å². The summed E-state index contributed by atoms with van der Waals surface area (Å²) in [6.45, 7) is 0.569. The van der Waals surface area contributed by atoms with Crippen molar-refractivity contribution in [1.29, 1.82) is 0 Å². The Morgan fingerprint density at radius 3 is 2.56 bits per heavy atom. The fourth-order valence-corrected chi connectivity index (χ4v) is 1.27. The molecule has 0 amide bonds. The van der Waals surface area contributed by atoms with E-state index in [1.807, 2.05) is 12.1 Å². The number of nitrogens with two attached hydrogens (primary N) is 1. The molecule has 0 fully saturated rings. The van der Waals surface area contributed by atoms with Crippen LogP contribution < -0.4 is 21.3 Å². The van der Waals surface area contributed by atoms with Crippen LogP contribution in [0.1, 0.15) is 5.56 Å². The number of anilines is 2. The third-order valence-corrected chi connectivity index (χ3v) is 2.13. The Morgan fingerprint density at radius 2 is 1.89 bits per heavy atom. The zero-order chi connectivity index (χ0) is 12.8. The second-order valence-electron chi connectivity index (χ2n) is 3.32. The van der Waals surface area contributed by atoms with Crippen LogP contribution in [0, 0.1) is 0 Å². The standard InChI is InChI=1S/C10H13N7O/c1-18-10-15-8(14-9(16-10)17-11)13-6-7-2-4-12-5-3-7/h2-5H,6,11H2,1H3,(H2,13,14,15,16,17). The maximum Gasteiger partial charge on any atom is 0.322 e. The third kappa shape index (κ3) is 3.01. The Balaban J connectivity index is 2.09. The Kier molecular flexibility index (Phi) is 3.82. The normalized spacial score (nSPS) is 9.89. The Morgan fingerprint density at radius 1 is 1.17 bits per heavy atom. The summed E-state index contributed by atoms with van der Waals surface area (Å²) >= 11 is 0. The van der Waals surface area contributed by atoms with Gasteiger partial charge in [0, 0.05) is 18.9 Å². The number of hydrogen-bond donors (Lipinski definition) is 3. The van der Waals surface area contributed by atoms with E-state index < -0.39 is 0 Å². The first kappa shape index (κ1) is 12.0. The van der Waals surface area contributed by atoms with Crippen LogP contribution in [0.25, 0.3) is 0 Å². The minimum Gasteiger partial charge on any atom is -0.467 e. The third-order valence-electron chi connectivity index (χ3n) is 2.13. The molecule has 0 aliphatic rings. The summed E-state index contributed by atoms with van der Waals surface area (Å²) in [5.74, 6) is 5.87. The number of rotatable bonds is 5. The minimum atomic E-state index is 0.190. The first-order valence-corrected chi connectivity index (χ1v) is 5.21. The van der Waals surface area contributed by atoms with E-state index in [0.717, 1.165) is 5.56 Å². The van der Waals surface area contributed by atoms with Gasteiger partial charge in [-0.25, -0.2) is 5.84 Å². The van der Waals surface area contributed by atoms with Crippen LogP contribution in [0.15, 0.2) is 24.5 Å². The van der Waals surface area contributed by atoms with Crippen molar-refractivity contribution in [3.05, 3.63) is 30.1 Å². The van der Waals surface area contributed by atoms with E-state index in [1.54, 1.807) is 12.4 Å². The van der Waals surface area contributed by atoms with E-state index in [-0.39, 0.29) is 12.0 Å². The lowest BCUT2D eigenvalue weighted by molar-refractivity contribution is 0.379. The van der Waals surface area contributed by atoms with Crippen molar-refractivity contribution < 1.29 is 4.74 Å². The maximum absolute atomic E-state index is 5.26. The first-order valence-electron chi connectivity index (χ1n) is 5.21. The summed E-state index contributed by atoms with van der Waals surface area (Å²) in [6.07, 6.45) is 3.44. The lowest BCUT2D eigenvalue weighted by Crippen LogP contribution is -2.14. The lowest BCUT2D eigenvalue weighted by atomic mass is 10.3. The highest BCUT2D eigenvalue weighted by Crippen LogP contribution is 2.10. The van der Waals surface area contributed by atoms with Gasteiger partial charge in [0.25, 0.3) is 0 Å². The van der Waals surface area contributed by atoms with Gasteiger partial charge < -0.3 is 10.1 Å². The summed E-state index contributed by atoms with van der Waals surface area (Å²) in [5.41, 5.74) is 3.41. The molecule has 2 aromatic rings. The van der Waals surface area contributed by atoms with Crippen molar-refractivity contribution in [3.63, 3.8) is 0 Å². The number of pyridine rings is 1. The summed E-state index contributed by atoms with van der Waals surface area (Å²) in [5, 5.41) is 3.04. The predicted octanol–water partition coefficient (Wildman–Crippen LogP) is 0.173. The highest BCUT2D eigenvalue weighted by Gasteiger charge is 2.05. The molecule has 2 aromatic heterocycles. The average molecular weight is 247 g/mol. The molecule has 0 aromatic carbocycles. The SMILES string of the molecule is COc1nc(NN)nc(NCc2ccncc2)n1. The van der Waals surface area contributed by atoms with Gasteiger partial charge >= 0.3 is 6.01 Å². The molecule has 0 aliphatic heterocycles. The summed E-state index contributed by atoms with van der Waals surface area (Å²) in [6, 6.07) is 3.98. The lowest BCUT2D eigenvalue weighted by Gasteiger charge is -2.07. The summed E-state index contributed by atoms with van der Waals surface area (Å²) in [4.78, 5) is 15.9. The van der Waals surface area contributed by atoms with E-state index in [9.17, 15) is 0 Å². The van der Waals surface area contributed by atoms with Crippen LogP contribution >= 0.6 is 0 Å². The van der Waals surface area contributed by atoms with E-state index in [2.05, 4.69) is 30.7 Å². The molecule has 2 heterocycles. The molecule has 0 spiro atoms. The van der Waals surface area contributed by atoms with Gasteiger partial charge in [-0.15, -0.1) is 0 Å². The van der Waals surface area contributed by atoms with E-state index in [0.29, 0.717) is 12.5 Å². The molecule has 0 saturated carbocycles. The number of nitrogen functional groups attached to an aromatic ring is 1. The molecular formula is C10H13N7O. The predicted molar refractivity (Wildman–Crippen MR) is 65.8 cm³/mol. The molecule has 8 nitrogen and oxygen atoms in total. The molecule has 0 aliphatic carbocycles. The van der Waals surface area contributed by atoms with Crippen LogP contribution in [0.5, 0.6) is 6.01 Å². The highest BCUT2D eigenvalue weighted by atomic mass is 16.5. The zero-order valence-electron chi connectivity index (χ0n) is 9.79. The van der Waals surface area contributed by atoms with Gasteiger partial charge in [-0.05, 0) is 17.7 Å². The number of hydrogen-bond acceptors (Lipinski definition) is 8. The van der Waals surface area contributed by atoms with E-state index in [4.69, 9.17) is 10.6 Å². The van der Waals surface area contributed by atoms with Gasteiger partial charge in [0.1, 0.15) is 0 Å². The quantitative estimate of drug-likeness (QED) is 0.506. The molecule has 0 bridgehead atoms. The van der Waals surface area contributed by atoms with Crippen LogP contribution in [-0.2, 0) is 6.54 Å². The van der Waals surface area contributed by atoms with Crippen molar-refractivity contribution in [2.75, 3.05) is 17.9 Å². The second-order valence-corrected chi connectivity index (χ2v) is 3.32.